The normalized spacial score (nSPS) is 20.1. The predicted molar refractivity (Wildman–Crippen MR) is 341 cm³/mol. The highest BCUT2D eigenvalue weighted by atomic mass is 35.5. The molecule has 6 aromatic rings. The molecular weight excluding hydrogens is 1210 g/mol. The van der Waals surface area contributed by atoms with Crippen molar-refractivity contribution >= 4 is 66.7 Å². The van der Waals surface area contributed by atoms with Crippen molar-refractivity contribution in [2.45, 2.75) is 166 Å². The molecular formula is C63H83ClN14O10S2. The smallest absolute Gasteiger partial charge is 0.410 e. The number of anilines is 3. The fraction of sp³-hybridized carbons (Fsp3) is 0.540. The predicted octanol–water partition coefficient (Wildman–Crippen LogP) is 10.4. The first-order valence-electron chi connectivity index (χ1n) is 30.8. The second kappa shape index (κ2) is 26.0. The lowest BCUT2D eigenvalue weighted by Crippen LogP contribution is -2.45. The maximum atomic E-state index is 13.6. The number of fused-ring (bicyclic) bond motifs is 6. The summed E-state index contributed by atoms with van der Waals surface area (Å²) in [7, 11) is -8.54. The van der Waals surface area contributed by atoms with Crippen LogP contribution in [0.5, 0.6) is 11.8 Å². The number of amides is 3. The number of nitrogens with zero attached hydrogens (tertiary/aromatic N) is 10. The van der Waals surface area contributed by atoms with Crippen molar-refractivity contribution in [1.82, 2.24) is 53.8 Å². The Balaban J connectivity index is 0.000000201. The molecule has 11 rings (SSSR count). The van der Waals surface area contributed by atoms with Crippen molar-refractivity contribution in [3.63, 3.8) is 0 Å². The van der Waals surface area contributed by atoms with Crippen LogP contribution in [0, 0.1) is 22.7 Å². The Hall–Kier alpha value is -7.58. The number of likely N-dealkylation sites (tertiary alicyclic amines) is 1. The van der Waals surface area contributed by atoms with Crippen LogP contribution in [0.1, 0.15) is 160 Å². The van der Waals surface area contributed by atoms with Crippen LogP contribution in [0.4, 0.5) is 22.0 Å². The highest BCUT2D eigenvalue weighted by Crippen LogP contribution is 2.49. The second-order valence-corrected chi connectivity index (χ2v) is 30.9. The summed E-state index contributed by atoms with van der Waals surface area (Å²) < 4.78 is 77.1. The molecule has 0 aromatic carbocycles. The number of hydrogen-bond acceptors (Lipinski definition) is 19. The van der Waals surface area contributed by atoms with Crippen LogP contribution in [-0.4, -0.2) is 135 Å². The third-order valence-electron chi connectivity index (χ3n) is 17.4. The molecule has 484 valence electrons. The number of hydrogen-bond donors (Lipinski definition) is 4. The molecule has 3 amide bonds. The molecule has 4 bridgehead atoms. The molecule has 0 radical (unpaired) electrons. The molecule has 6 aromatic heterocycles. The van der Waals surface area contributed by atoms with Gasteiger partial charge in [-0.25, -0.2) is 43.5 Å². The zero-order valence-corrected chi connectivity index (χ0v) is 55.1. The highest BCUT2D eigenvalue weighted by Gasteiger charge is 2.44. The Morgan fingerprint density at radius 2 is 1.44 bits per heavy atom. The van der Waals surface area contributed by atoms with Gasteiger partial charge < -0.3 is 34.6 Å². The molecule has 2 saturated carbocycles. The molecule has 4 N–H and O–H groups in total. The minimum atomic E-state index is -4.33. The van der Waals surface area contributed by atoms with Gasteiger partial charge in [0, 0.05) is 97.7 Å². The van der Waals surface area contributed by atoms with Crippen molar-refractivity contribution in [1.29, 1.82) is 0 Å². The largest absolute Gasteiger partial charge is 0.477 e. The van der Waals surface area contributed by atoms with Crippen LogP contribution < -0.4 is 34.5 Å². The monoisotopic (exact) mass is 1290 g/mol. The zero-order valence-electron chi connectivity index (χ0n) is 52.7. The van der Waals surface area contributed by atoms with Crippen LogP contribution in [0.25, 0.3) is 11.6 Å². The van der Waals surface area contributed by atoms with Gasteiger partial charge in [-0.3, -0.25) is 9.59 Å². The summed E-state index contributed by atoms with van der Waals surface area (Å²) in [5, 5.41) is 14.7. The van der Waals surface area contributed by atoms with Crippen LogP contribution in [0.3, 0.4) is 0 Å². The third kappa shape index (κ3) is 16.5. The Labute approximate surface area is 532 Å². The van der Waals surface area contributed by atoms with Gasteiger partial charge in [0.05, 0.1) is 24.3 Å². The topological polar surface area (TPSA) is 289 Å². The van der Waals surface area contributed by atoms with Gasteiger partial charge in [-0.2, -0.15) is 16.8 Å². The standard InChI is InChI=1S/C34H46ClN7O6S.C29H37N7O4S/c1-32(2,3)48-31(44)41-22-23(21-33(41,4)5)8-7-16-36-24-11-17-37-28(20-24)49(45,46)40-30(43)25-9-10-26(38-29(25)35)42-18-12-27(39-42)47-19-15-34(6)13-14-34;1-28(2)18-20-5-4-13-30-21-8-14-31-25(17-21)41(38,39)34-27(37)22-6-7-23(32-26(22)35(28)19-20)36-15-9-24(33-36)40-16-12-29(3)10-11-29/h9-12,17-18,20,23H,7-8,13-16,19,21-22H2,1-6H3,(H,36,37)(H,40,43);6-9,14-15,17,20,30H,4-5,10-13,16,18-19H2,1-3H3,(H,34,37). The molecule has 2 unspecified atom stereocenters. The summed E-state index contributed by atoms with van der Waals surface area (Å²) in [5.41, 5.74) is 0.871. The number of halogens is 1. The number of carbonyl (C=O) groups is 3. The molecule has 90 heavy (non-hydrogen) atoms. The summed E-state index contributed by atoms with van der Waals surface area (Å²) in [5.74, 6) is 1.26. The first-order valence-corrected chi connectivity index (χ1v) is 34.2. The van der Waals surface area contributed by atoms with E-state index in [-0.39, 0.29) is 43.5 Å². The molecule has 27 heteroatoms. The summed E-state index contributed by atoms with van der Waals surface area (Å²) >= 11 is 6.31. The Morgan fingerprint density at radius 3 is 2.09 bits per heavy atom. The van der Waals surface area contributed by atoms with Crippen LogP contribution >= 0.6 is 11.6 Å². The van der Waals surface area contributed by atoms with Crippen molar-refractivity contribution < 1.29 is 45.4 Å². The molecule has 9 heterocycles. The van der Waals surface area contributed by atoms with Crippen LogP contribution in [-0.2, 0) is 24.8 Å². The molecule has 0 spiro atoms. The Bertz CT molecular complexity index is 3840. The van der Waals surface area contributed by atoms with E-state index in [4.69, 9.17) is 30.8 Å². The van der Waals surface area contributed by atoms with E-state index < -0.39 is 37.5 Å². The number of nitrogens with one attached hydrogen (secondary N) is 4. The Kier molecular flexibility index (Phi) is 18.9. The van der Waals surface area contributed by atoms with E-state index in [1.807, 2.05) is 30.4 Å². The van der Waals surface area contributed by atoms with Gasteiger partial charge in [-0.15, -0.1) is 10.2 Å². The number of ether oxygens (including phenoxy) is 3. The molecule has 5 aliphatic rings. The van der Waals surface area contributed by atoms with E-state index in [1.165, 1.54) is 67.0 Å². The summed E-state index contributed by atoms with van der Waals surface area (Å²) in [6.45, 7) is 22.2. The van der Waals surface area contributed by atoms with E-state index in [2.05, 4.69) is 86.9 Å². The van der Waals surface area contributed by atoms with Gasteiger partial charge in [-0.1, -0.05) is 25.4 Å². The lowest BCUT2D eigenvalue weighted by atomic mass is 9.93. The number of aromatic nitrogens is 8. The summed E-state index contributed by atoms with van der Waals surface area (Å²) in [6.07, 6.45) is 18.2. The summed E-state index contributed by atoms with van der Waals surface area (Å²) in [4.78, 5) is 60.3. The maximum absolute atomic E-state index is 13.6. The van der Waals surface area contributed by atoms with Crippen LogP contribution in [0.15, 0.2) is 95.5 Å². The van der Waals surface area contributed by atoms with Gasteiger partial charge in [0.15, 0.2) is 21.7 Å². The first-order chi connectivity index (χ1) is 42.4. The average molecular weight is 1300 g/mol. The zero-order chi connectivity index (χ0) is 64.4. The van der Waals surface area contributed by atoms with Gasteiger partial charge in [0.25, 0.3) is 31.9 Å². The number of carbonyl (C=O) groups excluding carboxylic acids is 3. The third-order valence-corrected chi connectivity index (χ3v) is 20.1. The van der Waals surface area contributed by atoms with Crippen molar-refractivity contribution in [3.05, 3.63) is 102 Å². The molecule has 24 nitrogen and oxygen atoms in total. The lowest BCUT2D eigenvalue weighted by Gasteiger charge is -2.34. The van der Waals surface area contributed by atoms with Crippen molar-refractivity contribution in [2.75, 3.05) is 54.9 Å². The van der Waals surface area contributed by atoms with Crippen molar-refractivity contribution in [3.8, 4) is 23.4 Å². The molecule has 2 atom stereocenters. The molecule has 3 aliphatic heterocycles. The minimum absolute atomic E-state index is 0.120. The Morgan fingerprint density at radius 1 is 0.800 bits per heavy atom. The SMILES string of the molecule is CC1(CCOc2ccn(-c3ccc(C(=O)NS(=O)(=O)c4cc(NCCCC5CN(C(=O)OC(C)(C)C)C(C)(C)C5)ccn4)c(Cl)n3)n2)CC1.CC1(CCOc2ccn(-c3ccc4c(n3)N3CC(CCCNc5ccnc(c5)S(=O)(=O)NC4=O)CC3(C)C)n2)CC1. The number of rotatable bonds is 18. The van der Waals surface area contributed by atoms with Crippen molar-refractivity contribution in [2.24, 2.45) is 22.7 Å². The average Bonchev–Trinajstić information content (AvgIpc) is 1.49. The maximum Gasteiger partial charge on any atom is 0.410 e. The first kappa shape index (κ1) is 65.4. The van der Waals surface area contributed by atoms with E-state index in [1.54, 1.807) is 53.5 Å². The quantitative estimate of drug-likeness (QED) is 0.0459. The van der Waals surface area contributed by atoms with Gasteiger partial charge in [0.2, 0.25) is 11.8 Å². The number of sulfonamides is 2. The molecule has 4 fully saturated rings. The second-order valence-electron chi connectivity index (χ2n) is 27.3. The van der Waals surface area contributed by atoms with Crippen LogP contribution in [0.2, 0.25) is 5.15 Å². The minimum Gasteiger partial charge on any atom is -0.477 e. The number of pyridine rings is 4. The lowest BCUT2D eigenvalue weighted by molar-refractivity contribution is 0.0130. The molecule has 2 saturated heterocycles. The van der Waals surface area contributed by atoms with Gasteiger partial charge in [0.1, 0.15) is 16.6 Å². The summed E-state index contributed by atoms with van der Waals surface area (Å²) in [6, 6.07) is 15.9. The highest BCUT2D eigenvalue weighted by molar-refractivity contribution is 7.90. The molecule has 2 aliphatic carbocycles. The van der Waals surface area contributed by atoms with E-state index in [0.29, 0.717) is 103 Å². The van der Waals surface area contributed by atoms with E-state index in [0.717, 1.165) is 51.4 Å². The fourth-order valence-corrected chi connectivity index (χ4v) is 13.8. The van der Waals surface area contributed by atoms with E-state index >= 15 is 0 Å². The van der Waals surface area contributed by atoms with Gasteiger partial charge >= 0.3 is 6.09 Å². The van der Waals surface area contributed by atoms with Gasteiger partial charge in [-0.05, 0) is 185 Å². The van der Waals surface area contributed by atoms with E-state index in [9.17, 15) is 31.2 Å². The fourth-order valence-electron chi connectivity index (χ4n) is 11.6.